The summed E-state index contributed by atoms with van der Waals surface area (Å²) in [5.74, 6) is -2.25. The quantitative estimate of drug-likeness (QED) is 0.708. The van der Waals surface area contributed by atoms with E-state index in [1.165, 1.54) is 0 Å². The Hall–Kier alpha value is -2.70. The van der Waals surface area contributed by atoms with Crippen molar-refractivity contribution >= 4 is 11.9 Å². The predicted molar refractivity (Wildman–Crippen MR) is 88.3 cm³/mol. The molecule has 0 amide bonds. The normalized spacial score (nSPS) is 15.2. The Morgan fingerprint density at radius 3 is 1.96 bits per heavy atom. The lowest BCUT2D eigenvalue weighted by atomic mass is 9.98. The molecule has 0 fully saturated rings. The van der Waals surface area contributed by atoms with Crippen LogP contribution in [0.15, 0.2) is 48.5 Å². The van der Waals surface area contributed by atoms with E-state index in [1.807, 2.05) is 48.5 Å². The van der Waals surface area contributed by atoms with Crippen molar-refractivity contribution in [3.63, 3.8) is 0 Å². The second kappa shape index (κ2) is 6.43. The molecule has 124 valence electrons. The van der Waals surface area contributed by atoms with Crippen molar-refractivity contribution in [1.82, 2.24) is 0 Å². The van der Waals surface area contributed by atoms with Crippen molar-refractivity contribution in [3.05, 3.63) is 59.7 Å². The number of hydrogen-bond acceptors (Lipinski definition) is 5. The number of benzene rings is 2. The highest BCUT2D eigenvalue weighted by Crippen LogP contribution is 2.44. The van der Waals surface area contributed by atoms with Crippen LogP contribution in [0.3, 0.4) is 0 Å². The summed E-state index contributed by atoms with van der Waals surface area (Å²) in [6.07, 6.45) is 0. The first-order valence-corrected chi connectivity index (χ1v) is 7.59. The standard InChI is InChI=1S/C18H18N2O4/c19-15(17(21)22)16(20)18(23)24-9-14-12-7-3-1-5-10(12)11-6-2-4-8-13(11)14/h1-8,14-16H,9,19-20H2,(H,21,22)/t15-,16?/m0/s1. The van der Waals surface area contributed by atoms with E-state index in [1.54, 1.807) is 0 Å². The van der Waals surface area contributed by atoms with E-state index >= 15 is 0 Å². The highest BCUT2D eigenvalue weighted by Gasteiger charge is 2.32. The molecular weight excluding hydrogens is 308 g/mol. The minimum Gasteiger partial charge on any atom is -0.480 e. The smallest absolute Gasteiger partial charge is 0.325 e. The SMILES string of the molecule is NC(C(=O)OCC1c2ccccc2-c2ccccc21)[C@H](N)C(=O)O. The first-order chi connectivity index (χ1) is 11.5. The minimum atomic E-state index is -1.49. The zero-order valence-corrected chi connectivity index (χ0v) is 12.9. The number of carbonyl (C=O) groups is 2. The van der Waals surface area contributed by atoms with E-state index in [-0.39, 0.29) is 12.5 Å². The van der Waals surface area contributed by atoms with Gasteiger partial charge in [-0.25, -0.2) is 0 Å². The van der Waals surface area contributed by atoms with Crippen molar-refractivity contribution in [2.24, 2.45) is 11.5 Å². The summed E-state index contributed by atoms with van der Waals surface area (Å²) >= 11 is 0. The fraction of sp³-hybridized carbons (Fsp3) is 0.222. The Kier molecular flexibility index (Phi) is 4.33. The monoisotopic (exact) mass is 326 g/mol. The Morgan fingerprint density at radius 2 is 1.46 bits per heavy atom. The molecule has 0 saturated carbocycles. The Morgan fingerprint density at radius 1 is 0.958 bits per heavy atom. The fourth-order valence-corrected chi connectivity index (χ4v) is 3.00. The number of rotatable bonds is 5. The highest BCUT2D eigenvalue weighted by atomic mass is 16.5. The molecule has 1 unspecified atom stereocenters. The summed E-state index contributed by atoms with van der Waals surface area (Å²) in [7, 11) is 0. The molecule has 0 heterocycles. The number of nitrogens with two attached hydrogens (primary N) is 2. The van der Waals surface area contributed by atoms with E-state index in [0.717, 1.165) is 22.3 Å². The molecule has 24 heavy (non-hydrogen) atoms. The molecule has 6 heteroatoms. The van der Waals surface area contributed by atoms with E-state index in [4.69, 9.17) is 21.3 Å². The summed E-state index contributed by atoms with van der Waals surface area (Å²) in [6, 6.07) is 13.0. The van der Waals surface area contributed by atoms with E-state index in [9.17, 15) is 9.59 Å². The number of ether oxygens (including phenoxy) is 1. The van der Waals surface area contributed by atoms with Crippen LogP contribution >= 0.6 is 0 Å². The molecule has 0 aromatic heterocycles. The number of carboxylic acid groups (broad SMARTS) is 1. The van der Waals surface area contributed by atoms with Crippen LogP contribution in [0.5, 0.6) is 0 Å². The molecule has 0 radical (unpaired) electrons. The number of carboxylic acids is 1. The summed E-state index contributed by atoms with van der Waals surface area (Å²) in [5, 5.41) is 8.83. The molecular formula is C18H18N2O4. The number of aliphatic carboxylic acids is 1. The Labute approximate surface area is 139 Å². The van der Waals surface area contributed by atoms with Crippen LogP contribution in [-0.4, -0.2) is 35.7 Å². The van der Waals surface area contributed by atoms with Gasteiger partial charge in [-0.05, 0) is 22.3 Å². The number of carbonyl (C=O) groups excluding carboxylic acids is 1. The molecule has 6 nitrogen and oxygen atoms in total. The average Bonchev–Trinajstić information content (AvgIpc) is 2.92. The molecule has 1 aliphatic rings. The van der Waals surface area contributed by atoms with Crippen LogP contribution in [0.25, 0.3) is 11.1 Å². The molecule has 2 aromatic carbocycles. The van der Waals surface area contributed by atoms with Gasteiger partial charge in [-0.1, -0.05) is 48.5 Å². The van der Waals surface area contributed by atoms with Crippen molar-refractivity contribution < 1.29 is 19.4 Å². The fourth-order valence-electron chi connectivity index (χ4n) is 3.00. The average molecular weight is 326 g/mol. The van der Waals surface area contributed by atoms with Crippen LogP contribution in [0, 0.1) is 0 Å². The molecule has 2 atom stereocenters. The van der Waals surface area contributed by atoms with Crippen molar-refractivity contribution in [2.75, 3.05) is 6.61 Å². The minimum absolute atomic E-state index is 0.0902. The summed E-state index contributed by atoms with van der Waals surface area (Å²) in [4.78, 5) is 22.8. The van der Waals surface area contributed by atoms with Gasteiger partial charge in [0.25, 0.3) is 0 Å². The maximum Gasteiger partial charge on any atom is 0.325 e. The van der Waals surface area contributed by atoms with Gasteiger partial charge in [-0.3, -0.25) is 9.59 Å². The molecule has 3 rings (SSSR count). The second-order valence-electron chi connectivity index (χ2n) is 5.75. The molecule has 0 spiro atoms. The van der Waals surface area contributed by atoms with Gasteiger partial charge < -0.3 is 21.3 Å². The van der Waals surface area contributed by atoms with Crippen LogP contribution in [0.1, 0.15) is 17.0 Å². The van der Waals surface area contributed by atoms with Crippen molar-refractivity contribution in [1.29, 1.82) is 0 Å². The number of hydrogen-bond donors (Lipinski definition) is 3. The molecule has 1 aliphatic carbocycles. The third-order valence-electron chi connectivity index (χ3n) is 4.30. The van der Waals surface area contributed by atoms with Gasteiger partial charge in [-0.15, -0.1) is 0 Å². The molecule has 0 bridgehead atoms. The summed E-state index contributed by atoms with van der Waals surface area (Å²) in [5.41, 5.74) is 15.3. The van der Waals surface area contributed by atoms with E-state index in [2.05, 4.69) is 0 Å². The Balaban J connectivity index is 1.79. The largest absolute Gasteiger partial charge is 0.480 e. The maximum atomic E-state index is 12.0. The maximum absolute atomic E-state index is 12.0. The molecule has 0 aliphatic heterocycles. The van der Waals surface area contributed by atoms with Gasteiger partial charge >= 0.3 is 11.9 Å². The first kappa shape index (κ1) is 16.2. The zero-order valence-electron chi connectivity index (χ0n) is 12.9. The van der Waals surface area contributed by atoms with Gasteiger partial charge in [-0.2, -0.15) is 0 Å². The predicted octanol–water partition coefficient (Wildman–Crippen LogP) is 1.08. The topological polar surface area (TPSA) is 116 Å². The van der Waals surface area contributed by atoms with Crippen LogP contribution < -0.4 is 11.5 Å². The van der Waals surface area contributed by atoms with Gasteiger partial charge in [0, 0.05) is 5.92 Å². The van der Waals surface area contributed by atoms with Gasteiger partial charge in [0.05, 0.1) is 0 Å². The number of esters is 1. The third kappa shape index (κ3) is 2.77. The summed E-state index contributed by atoms with van der Waals surface area (Å²) < 4.78 is 5.27. The lowest BCUT2D eigenvalue weighted by molar-refractivity contribution is -0.150. The third-order valence-corrected chi connectivity index (χ3v) is 4.30. The molecule has 5 N–H and O–H groups in total. The van der Waals surface area contributed by atoms with Gasteiger partial charge in [0.2, 0.25) is 0 Å². The van der Waals surface area contributed by atoms with Crippen molar-refractivity contribution in [3.8, 4) is 11.1 Å². The van der Waals surface area contributed by atoms with E-state index < -0.39 is 24.0 Å². The summed E-state index contributed by atoms with van der Waals surface area (Å²) in [6.45, 7) is 0.0902. The lowest BCUT2D eigenvalue weighted by Gasteiger charge is -2.18. The highest BCUT2D eigenvalue weighted by molar-refractivity contribution is 5.86. The van der Waals surface area contributed by atoms with Gasteiger partial charge in [0.1, 0.15) is 18.7 Å². The Bertz CT molecular complexity index is 745. The zero-order chi connectivity index (χ0) is 17.3. The molecule has 0 saturated heterocycles. The molecule has 2 aromatic rings. The van der Waals surface area contributed by atoms with Crippen molar-refractivity contribution in [2.45, 2.75) is 18.0 Å². The van der Waals surface area contributed by atoms with Crippen LogP contribution in [0.4, 0.5) is 0 Å². The second-order valence-corrected chi connectivity index (χ2v) is 5.75. The van der Waals surface area contributed by atoms with Crippen LogP contribution in [-0.2, 0) is 14.3 Å². The van der Waals surface area contributed by atoms with E-state index in [0.29, 0.717) is 0 Å². The first-order valence-electron chi connectivity index (χ1n) is 7.59. The lowest BCUT2D eigenvalue weighted by Crippen LogP contribution is -2.52. The van der Waals surface area contributed by atoms with Gasteiger partial charge in [0.15, 0.2) is 0 Å². The van der Waals surface area contributed by atoms with Crippen LogP contribution in [0.2, 0.25) is 0 Å². The number of fused-ring (bicyclic) bond motifs is 3.